The van der Waals surface area contributed by atoms with E-state index in [2.05, 4.69) is 10.3 Å². The van der Waals surface area contributed by atoms with Crippen molar-refractivity contribution >= 4 is 10.0 Å². The van der Waals surface area contributed by atoms with Gasteiger partial charge in [0.05, 0.1) is 4.90 Å². The van der Waals surface area contributed by atoms with Gasteiger partial charge < -0.3 is 10.3 Å². The molecule has 6 heteroatoms. The highest BCUT2D eigenvalue weighted by molar-refractivity contribution is 7.89. The third-order valence-corrected chi connectivity index (χ3v) is 5.44. The second-order valence-electron chi connectivity index (χ2n) is 4.75. The largest absolute Gasteiger partial charge is 0.363 e. The molecule has 5 nitrogen and oxygen atoms in total. The van der Waals surface area contributed by atoms with Crippen LogP contribution in [0, 0.1) is 0 Å². The van der Waals surface area contributed by atoms with E-state index in [-0.39, 0.29) is 6.04 Å². The van der Waals surface area contributed by atoms with Gasteiger partial charge in [-0.15, -0.1) is 0 Å². The summed E-state index contributed by atoms with van der Waals surface area (Å²) in [5.41, 5.74) is 0.900. The first-order chi connectivity index (χ1) is 8.55. The Morgan fingerprint density at radius 1 is 1.50 bits per heavy atom. The molecule has 1 fully saturated rings. The van der Waals surface area contributed by atoms with Crippen molar-refractivity contribution < 1.29 is 8.42 Å². The van der Waals surface area contributed by atoms with E-state index in [4.69, 9.17) is 0 Å². The summed E-state index contributed by atoms with van der Waals surface area (Å²) in [6.07, 6.45) is 4.66. The van der Waals surface area contributed by atoms with Crippen LogP contribution in [-0.2, 0) is 16.6 Å². The molecule has 0 saturated heterocycles. The summed E-state index contributed by atoms with van der Waals surface area (Å²) in [5.74, 6) is 0. The van der Waals surface area contributed by atoms with E-state index in [0.29, 0.717) is 11.4 Å². The summed E-state index contributed by atoms with van der Waals surface area (Å²) in [6, 6.07) is 1.90. The van der Waals surface area contributed by atoms with Gasteiger partial charge >= 0.3 is 0 Å². The van der Waals surface area contributed by atoms with Crippen LogP contribution in [0.15, 0.2) is 17.2 Å². The van der Waals surface area contributed by atoms with Crippen molar-refractivity contribution in [3.63, 3.8) is 0 Å². The Kier molecular flexibility index (Phi) is 4.09. The van der Waals surface area contributed by atoms with Crippen molar-refractivity contribution in [1.29, 1.82) is 0 Å². The maximum absolute atomic E-state index is 12.3. The fraction of sp³-hybridized carbons (Fsp3) is 0.667. The zero-order valence-electron chi connectivity index (χ0n) is 10.9. The molecule has 0 spiro atoms. The number of nitrogens with one attached hydrogen (secondary N) is 2. The van der Waals surface area contributed by atoms with Crippen LogP contribution in [0.3, 0.4) is 0 Å². The molecule has 0 bridgehead atoms. The maximum Gasteiger partial charge on any atom is 0.244 e. The molecular weight excluding hydrogens is 250 g/mol. The number of H-pyrrole nitrogens is 1. The van der Waals surface area contributed by atoms with Gasteiger partial charge in [-0.1, -0.05) is 13.3 Å². The molecule has 1 aliphatic rings. The number of nitrogens with zero attached hydrogens (tertiary/aromatic N) is 1. The number of rotatable bonds is 6. The van der Waals surface area contributed by atoms with Gasteiger partial charge in [-0.2, -0.15) is 4.31 Å². The molecule has 2 rings (SSSR count). The lowest BCUT2D eigenvalue weighted by atomic mass is 9.94. The number of hydrogen-bond donors (Lipinski definition) is 2. The van der Waals surface area contributed by atoms with Gasteiger partial charge in [-0.05, 0) is 25.5 Å². The first-order valence-corrected chi connectivity index (χ1v) is 7.85. The third-order valence-electron chi connectivity index (χ3n) is 3.55. The summed E-state index contributed by atoms with van der Waals surface area (Å²) in [6.45, 7) is 3.55. The van der Waals surface area contributed by atoms with Gasteiger partial charge in [0.2, 0.25) is 10.0 Å². The monoisotopic (exact) mass is 271 g/mol. The van der Waals surface area contributed by atoms with E-state index in [1.54, 1.807) is 19.3 Å². The zero-order chi connectivity index (χ0) is 13.2. The quantitative estimate of drug-likeness (QED) is 0.819. The average Bonchev–Trinajstić information content (AvgIpc) is 2.73. The predicted octanol–water partition coefficient (Wildman–Crippen LogP) is 1.30. The highest BCUT2D eigenvalue weighted by Gasteiger charge is 2.32. The van der Waals surface area contributed by atoms with Crippen LogP contribution < -0.4 is 5.32 Å². The molecule has 2 N–H and O–H groups in total. The van der Waals surface area contributed by atoms with Crippen molar-refractivity contribution in [3.05, 3.63) is 18.0 Å². The van der Waals surface area contributed by atoms with Gasteiger partial charge in [-0.3, -0.25) is 0 Å². The van der Waals surface area contributed by atoms with Crippen LogP contribution in [-0.4, -0.2) is 37.3 Å². The first-order valence-electron chi connectivity index (χ1n) is 6.41. The second kappa shape index (κ2) is 5.42. The highest BCUT2D eigenvalue weighted by atomic mass is 32.2. The molecule has 0 aromatic carbocycles. The van der Waals surface area contributed by atoms with Crippen LogP contribution in [0.1, 0.15) is 31.9 Å². The number of aromatic nitrogens is 1. The van der Waals surface area contributed by atoms with Gasteiger partial charge in [0.1, 0.15) is 0 Å². The maximum atomic E-state index is 12.3. The predicted molar refractivity (Wildman–Crippen MR) is 70.8 cm³/mol. The second-order valence-corrected chi connectivity index (χ2v) is 6.74. The fourth-order valence-electron chi connectivity index (χ4n) is 2.04. The minimum atomic E-state index is -3.33. The summed E-state index contributed by atoms with van der Waals surface area (Å²) in [4.78, 5) is 3.37. The van der Waals surface area contributed by atoms with E-state index in [1.165, 1.54) is 4.31 Å². The van der Waals surface area contributed by atoms with Crippen LogP contribution in [0.25, 0.3) is 0 Å². The number of sulfonamides is 1. The Morgan fingerprint density at radius 3 is 2.78 bits per heavy atom. The molecule has 0 aliphatic heterocycles. The van der Waals surface area contributed by atoms with Crippen LogP contribution in [0.2, 0.25) is 0 Å². The van der Waals surface area contributed by atoms with Crippen molar-refractivity contribution in [3.8, 4) is 0 Å². The van der Waals surface area contributed by atoms with Gasteiger partial charge in [0, 0.05) is 31.5 Å². The average molecular weight is 271 g/mol. The van der Waals surface area contributed by atoms with E-state index in [0.717, 1.165) is 31.5 Å². The van der Waals surface area contributed by atoms with Crippen LogP contribution in [0.5, 0.6) is 0 Å². The van der Waals surface area contributed by atoms with Crippen molar-refractivity contribution in [2.24, 2.45) is 0 Å². The molecule has 102 valence electrons. The standard InChI is InChI=1S/C12H21N3O2S/c1-3-13-8-10-7-12(9-14-10)18(16,17)15(2)11-5-4-6-11/h7,9,11,13-14H,3-6,8H2,1-2H3. The number of hydrogen-bond acceptors (Lipinski definition) is 3. The zero-order valence-corrected chi connectivity index (χ0v) is 11.8. The molecule has 0 unspecified atom stereocenters. The molecule has 1 aromatic heterocycles. The van der Waals surface area contributed by atoms with E-state index >= 15 is 0 Å². The molecule has 1 aliphatic carbocycles. The number of aromatic amines is 1. The Morgan fingerprint density at radius 2 is 2.22 bits per heavy atom. The van der Waals surface area contributed by atoms with Crippen molar-refractivity contribution in [2.75, 3.05) is 13.6 Å². The Bertz CT molecular complexity index is 491. The van der Waals surface area contributed by atoms with E-state index in [1.807, 2.05) is 6.92 Å². The van der Waals surface area contributed by atoms with Crippen LogP contribution >= 0.6 is 0 Å². The molecule has 0 atom stereocenters. The molecule has 18 heavy (non-hydrogen) atoms. The SMILES string of the molecule is CCNCc1cc(S(=O)(=O)N(C)C2CCC2)c[nH]1. The summed E-state index contributed by atoms with van der Waals surface area (Å²) in [7, 11) is -1.65. The Balaban J connectivity index is 2.11. The lowest BCUT2D eigenvalue weighted by Gasteiger charge is -2.33. The van der Waals surface area contributed by atoms with Gasteiger partial charge in [-0.25, -0.2) is 8.42 Å². The minimum absolute atomic E-state index is 0.183. The van der Waals surface area contributed by atoms with E-state index in [9.17, 15) is 8.42 Å². The molecular formula is C12H21N3O2S. The molecule has 0 amide bonds. The normalized spacial score (nSPS) is 17.1. The minimum Gasteiger partial charge on any atom is -0.363 e. The summed E-state index contributed by atoms with van der Waals surface area (Å²) in [5, 5.41) is 3.16. The van der Waals surface area contributed by atoms with Crippen molar-refractivity contribution in [1.82, 2.24) is 14.6 Å². The Hall–Kier alpha value is -0.850. The summed E-state index contributed by atoms with van der Waals surface area (Å²) < 4.78 is 26.2. The molecule has 1 saturated carbocycles. The smallest absolute Gasteiger partial charge is 0.244 e. The Labute approximate surface area is 109 Å². The fourth-order valence-corrected chi connectivity index (χ4v) is 3.48. The van der Waals surface area contributed by atoms with Crippen LogP contribution in [0.4, 0.5) is 0 Å². The molecule has 0 radical (unpaired) electrons. The van der Waals surface area contributed by atoms with E-state index < -0.39 is 10.0 Å². The van der Waals surface area contributed by atoms with Gasteiger partial charge in [0.15, 0.2) is 0 Å². The van der Waals surface area contributed by atoms with Crippen molar-refractivity contribution in [2.45, 2.75) is 43.7 Å². The third kappa shape index (κ3) is 2.60. The topological polar surface area (TPSA) is 65.2 Å². The molecule has 1 heterocycles. The summed E-state index contributed by atoms with van der Waals surface area (Å²) >= 11 is 0. The lowest BCUT2D eigenvalue weighted by molar-refractivity contribution is 0.249. The first kappa shape index (κ1) is 13.6. The highest BCUT2D eigenvalue weighted by Crippen LogP contribution is 2.28. The van der Waals surface area contributed by atoms with Gasteiger partial charge in [0.25, 0.3) is 0 Å². The lowest BCUT2D eigenvalue weighted by Crippen LogP contribution is -2.41. The molecule has 1 aromatic rings.